The van der Waals surface area contributed by atoms with Gasteiger partial charge in [0.1, 0.15) is 0 Å². The molecule has 6 heteroatoms. The van der Waals surface area contributed by atoms with Gasteiger partial charge < -0.3 is 15.5 Å². The molecule has 1 heterocycles. The van der Waals surface area contributed by atoms with E-state index in [9.17, 15) is 10.1 Å². The summed E-state index contributed by atoms with van der Waals surface area (Å²) in [4.78, 5) is 12.9. The molecule has 1 aliphatic heterocycles. The van der Waals surface area contributed by atoms with Crippen molar-refractivity contribution in [2.24, 2.45) is 0 Å². The molecule has 0 aliphatic carbocycles. The monoisotopic (exact) mass is 278 g/mol. The van der Waals surface area contributed by atoms with Gasteiger partial charge in [-0.2, -0.15) is 0 Å². The van der Waals surface area contributed by atoms with Gasteiger partial charge in [0.15, 0.2) is 0 Å². The van der Waals surface area contributed by atoms with Crippen LogP contribution in [0.4, 0.5) is 17.1 Å². The summed E-state index contributed by atoms with van der Waals surface area (Å²) in [5.74, 6) is 0. The lowest BCUT2D eigenvalue weighted by atomic mass is 10.2. The molecule has 2 rings (SSSR count). The number of hydrogen-bond acceptors (Lipinski definition) is 5. The highest BCUT2D eigenvalue weighted by atomic mass is 16.6. The fourth-order valence-electron chi connectivity index (χ4n) is 2.60. The minimum atomic E-state index is -0.353. The van der Waals surface area contributed by atoms with Crippen LogP contribution in [0.2, 0.25) is 0 Å². The van der Waals surface area contributed by atoms with E-state index in [-0.39, 0.29) is 10.6 Å². The zero-order valence-corrected chi connectivity index (χ0v) is 12.1. The Balaban J connectivity index is 2.07. The van der Waals surface area contributed by atoms with E-state index in [1.807, 2.05) is 13.0 Å². The minimum Gasteiger partial charge on any atom is -0.385 e. The van der Waals surface area contributed by atoms with Crippen LogP contribution >= 0.6 is 0 Å². The molecule has 0 amide bonds. The van der Waals surface area contributed by atoms with Gasteiger partial charge in [0.25, 0.3) is 5.69 Å². The molecule has 6 nitrogen and oxygen atoms in total. The molecule has 1 unspecified atom stereocenters. The van der Waals surface area contributed by atoms with E-state index in [0.717, 1.165) is 31.0 Å². The van der Waals surface area contributed by atoms with Crippen LogP contribution in [0.25, 0.3) is 0 Å². The summed E-state index contributed by atoms with van der Waals surface area (Å²) in [6.45, 7) is 4.67. The second-order valence-corrected chi connectivity index (χ2v) is 5.21. The summed E-state index contributed by atoms with van der Waals surface area (Å²) in [6, 6.07) is 5.59. The Morgan fingerprint density at radius 3 is 2.60 bits per heavy atom. The predicted molar refractivity (Wildman–Crippen MR) is 81.4 cm³/mol. The van der Waals surface area contributed by atoms with Gasteiger partial charge in [0, 0.05) is 42.6 Å². The molecule has 2 N–H and O–H groups in total. The van der Waals surface area contributed by atoms with E-state index in [4.69, 9.17) is 0 Å². The average Bonchev–Trinajstić information content (AvgIpc) is 2.82. The topological polar surface area (TPSA) is 70.4 Å². The number of nitro benzene ring substituents is 1. The summed E-state index contributed by atoms with van der Waals surface area (Å²) in [6.07, 6.45) is 2.40. The van der Waals surface area contributed by atoms with E-state index in [1.165, 1.54) is 12.8 Å². The third kappa shape index (κ3) is 3.60. The molecular formula is C14H22N4O2. The van der Waals surface area contributed by atoms with Crippen molar-refractivity contribution in [2.45, 2.75) is 25.8 Å². The van der Waals surface area contributed by atoms with Gasteiger partial charge in [-0.25, -0.2) is 0 Å². The number of benzene rings is 1. The highest BCUT2D eigenvalue weighted by molar-refractivity contribution is 5.63. The Hall–Kier alpha value is -1.82. The molecule has 0 radical (unpaired) electrons. The largest absolute Gasteiger partial charge is 0.385 e. The Bertz CT molecular complexity index is 478. The van der Waals surface area contributed by atoms with Crippen molar-refractivity contribution < 1.29 is 4.92 Å². The van der Waals surface area contributed by atoms with Crippen LogP contribution in [0.15, 0.2) is 18.2 Å². The molecule has 1 fully saturated rings. The maximum atomic E-state index is 11.0. The average molecular weight is 278 g/mol. The van der Waals surface area contributed by atoms with Gasteiger partial charge >= 0.3 is 0 Å². The SMILES string of the molecule is CCNc1cc(NCC2CCCN2C)cc([N+](=O)[O-])c1. The molecule has 0 bridgehead atoms. The first-order valence-electron chi connectivity index (χ1n) is 7.07. The lowest BCUT2D eigenvalue weighted by Crippen LogP contribution is -2.31. The van der Waals surface area contributed by atoms with Crippen LogP contribution < -0.4 is 10.6 Å². The van der Waals surface area contributed by atoms with Crippen LogP contribution in [0.5, 0.6) is 0 Å². The summed E-state index contributed by atoms with van der Waals surface area (Å²) >= 11 is 0. The highest BCUT2D eigenvalue weighted by Crippen LogP contribution is 2.25. The first kappa shape index (κ1) is 14.6. The fourth-order valence-corrected chi connectivity index (χ4v) is 2.60. The maximum Gasteiger partial charge on any atom is 0.273 e. The number of nitro groups is 1. The normalized spacial score (nSPS) is 19.0. The number of non-ortho nitro benzene ring substituents is 1. The number of likely N-dealkylation sites (tertiary alicyclic amines) is 1. The molecule has 1 aromatic carbocycles. The maximum absolute atomic E-state index is 11.0. The minimum absolute atomic E-state index is 0.116. The first-order chi connectivity index (χ1) is 9.60. The van der Waals surface area contributed by atoms with E-state index in [1.54, 1.807) is 12.1 Å². The lowest BCUT2D eigenvalue weighted by molar-refractivity contribution is -0.384. The van der Waals surface area contributed by atoms with E-state index >= 15 is 0 Å². The van der Waals surface area contributed by atoms with Crippen molar-refractivity contribution in [3.63, 3.8) is 0 Å². The number of hydrogen-bond donors (Lipinski definition) is 2. The highest BCUT2D eigenvalue weighted by Gasteiger charge is 2.20. The summed E-state index contributed by atoms with van der Waals surface area (Å²) < 4.78 is 0. The Kier molecular flexibility index (Phi) is 4.79. The summed E-state index contributed by atoms with van der Waals surface area (Å²) in [7, 11) is 2.12. The van der Waals surface area contributed by atoms with Crippen molar-refractivity contribution in [1.82, 2.24) is 4.90 Å². The van der Waals surface area contributed by atoms with Gasteiger partial charge in [-0.3, -0.25) is 10.1 Å². The van der Waals surface area contributed by atoms with Crippen LogP contribution in [0.3, 0.4) is 0 Å². The molecular weight excluding hydrogens is 256 g/mol. The summed E-state index contributed by atoms with van der Waals surface area (Å²) in [5, 5.41) is 17.4. The number of rotatable bonds is 6. The molecule has 110 valence electrons. The second kappa shape index (κ2) is 6.56. The van der Waals surface area contributed by atoms with Crippen LogP contribution in [-0.2, 0) is 0 Å². The van der Waals surface area contributed by atoms with Crippen LogP contribution in [0.1, 0.15) is 19.8 Å². The first-order valence-corrected chi connectivity index (χ1v) is 7.07. The zero-order chi connectivity index (χ0) is 14.5. The van der Waals surface area contributed by atoms with Crippen molar-refractivity contribution >= 4 is 17.1 Å². The molecule has 0 saturated carbocycles. The van der Waals surface area contributed by atoms with Gasteiger partial charge in [0.05, 0.1) is 4.92 Å². The molecule has 0 aromatic heterocycles. The quantitative estimate of drug-likeness (QED) is 0.618. The van der Waals surface area contributed by atoms with Gasteiger partial charge in [0.2, 0.25) is 0 Å². The number of nitrogens with one attached hydrogen (secondary N) is 2. The van der Waals surface area contributed by atoms with Crippen LogP contribution in [-0.4, -0.2) is 42.5 Å². The molecule has 1 saturated heterocycles. The fraction of sp³-hybridized carbons (Fsp3) is 0.571. The van der Waals surface area contributed by atoms with Crippen molar-refractivity contribution in [3.05, 3.63) is 28.3 Å². The third-order valence-electron chi connectivity index (χ3n) is 3.72. The lowest BCUT2D eigenvalue weighted by Gasteiger charge is -2.20. The Morgan fingerprint density at radius 1 is 1.35 bits per heavy atom. The third-order valence-corrected chi connectivity index (χ3v) is 3.72. The molecule has 1 aromatic rings. The van der Waals surface area contributed by atoms with E-state index < -0.39 is 0 Å². The molecule has 1 atom stereocenters. The Morgan fingerprint density at radius 2 is 2.05 bits per heavy atom. The van der Waals surface area contributed by atoms with Crippen molar-refractivity contribution in [2.75, 3.05) is 37.3 Å². The van der Waals surface area contributed by atoms with Crippen molar-refractivity contribution in [3.8, 4) is 0 Å². The molecule has 0 spiro atoms. The standard InChI is InChI=1S/C14H22N4O2/c1-3-15-11-7-12(9-14(8-11)18(19)20)16-10-13-5-4-6-17(13)2/h7-9,13,15-16H,3-6,10H2,1-2H3. The smallest absolute Gasteiger partial charge is 0.273 e. The molecule has 1 aliphatic rings. The second-order valence-electron chi connectivity index (χ2n) is 5.21. The predicted octanol–water partition coefficient (Wildman–Crippen LogP) is 2.53. The van der Waals surface area contributed by atoms with Crippen LogP contribution in [0, 0.1) is 10.1 Å². The van der Waals surface area contributed by atoms with Gasteiger partial charge in [-0.15, -0.1) is 0 Å². The Labute approximate surface area is 119 Å². The number of anilines is 2. The van der Waals surface area contributed by atoms with Gasteiger partial charge in [-0.05, 0) is 39.4 Å². The van der Waals surface area contributed by atoms with E-state index in [0.29, 0.717) is 6.04 Å². The number of likely N-dealkylation sites (N-methyl/N-ethyl adjacent to an activating group) is 1. The van der Waals surface area contributed by atoms with E-state index in [2.05, 4.69) is 22.6 Å². The van der Waals surface area contributed by atoms with Gasteiger partial charge in [-0.1, -0.05) is 0 Å². The molecule has 20 heavy (non-hydrogen) atoms. The zero-order valence-electron chi connectivity index (χ0n) is 12.1. The summed E-state index contributed by atoms with van der Waals surface area (Å²) in [5.41, 5.74) is 1.70. The number of nitrogens with zero attached hydrogens (tertiary/aromatic N) is 2. The van der Waals surface area contributed by atoms with Crippen molar-refractivity contribution in [1.29, 1.82) is 0 Å².